The fraction of sp³-hybridized carbons (Fsp3) is 0.360. The molecule has 0 bridgehead atoms. The van der Waals surface area contributed by atoms with Crippen LogP contribution in [-0.4, -0.2) is 55.7 Å². The van der Waals surface area contributed by atoms with E-state index < -0.39 is 17.7 Å². The van der Waals surface area contributed by atoms with Gasteiger partial charge in [0.25, 0.3) is 11.7 Å². The smallest absolute Gasteiger partial charge is 0.295 e. The first-order valence-corrected chi connectivity index (χ1v) is 11.1. The third-order valence-corrected chi connectivity index (χ3v) is 5.67. The highest BCUT2D eigenvalue weighted by Crippen LogP contribution is 2.41. The van der Waals surface area contributed by atoms with Crippen molar-refractivity contribution in [2.75, 3.05) is 34.0 Å². The van der Waals surface area contributed by atoms with Crippen molar-refractivity contribution >= 4 is 29.1 Å². The van der Waals surface area contributed by atoms with E-state index in [-0.39, 0.29) is 11.3 Å². The molecule has 0 saturated carbocycles. The third kappa shape index (κ3) is 5.31. The van der Waals surface area contributed by atoms with E-state index in [1.807, 2.05) is 19.1 Å². The molecule has 1 aliphatic heterocycles. The Morgan fingerprint density at radius 1 is 1.12 bits per heavy atom. The number of ether oxygens (including phenoxy) is 3. The highest BCUT2D eigenvalue weighted by atomic mass is 35.5. The lowest BCUT2D eigenvalue weighted by atomic mass is 9.95. The molecular formula is C25H28ClNO6. The van der Waals surface area contributed by atoms with E-state index in [1.54, 1.807) is 31.4 Å². The van der Waals surface area contributed by atoms with Gasteiger partial charge in [-0.05, 0) is 48.7 Å². The Labute approximate surface area is 198 Å². The minimum atomic E-state index is -0.770. The molecule has 0 radical (unpaired) electrons. The minimum Gasteiger partial charge on any atom is -0.507 e. The highest BCUT2D eigenvalue weighted by molar-refractivity contribution is 6.46. The first kappa shape index (κ1) is 24.6. The quantitative estimate of drug-likeness (QED) is 0.235. The summed E-state index contributed by atoms with van der Waals surface area (Å²) >= 11 is 6.11. The molecule has 0 aliphatic carbocycles. The van der Waals surface area contributed by atoms with E-state index >= 15 is 0 Å². The lowest BCUT2D eigenvalue weighted by molar-refractivity contribution is -0.140. The monoisotopic (exact) mass is 473 g/mol. The van der Waals surface area contributed by atoms with Gasteiger partial charge < -0.3 is 24.2 Å². The highest BCUT2D eigenvalue weighted by Gasteiger charge is 2.46. The number of benzene rings is 2. The molecule has 7 nitrogen and oxygen atoms in total. The number of hydrogen-bond acceptors (Lipinski definition) is 6. The number of carbonyl (C=O) groups is 2. The normalized spacial score (nSPS) is 17.5. The van der Waals surface area contributed by atoms with Gasteiger partial charge in [0, 0.05) is 25.8 Å². The van der Waals surface area contributed by atoms with Gasteiger partial charge in [-0.3, -0.25) is 9.59 Å². The summed E-state index contributed by atoms with van der Waals surface area (Å²) in [6, 6.07) is 11.2. The SMILES string of the molecule is CCCOc1cccc(C2/C(=C(/O)c3ccc(Cl)c(OC)c3)C(=O)C(=O)N2CCCOC)c1. The number of amides is 1. The van der Waals surface area contributed by atoms with Gasteiger partial charge in [0.2, 0.25) is 0 Å². The van der Waals surface area contributed by atoms with Crippen molar-refractivity contribution in [3.05, 3.63) is 64.2 Å². The van der Waals surface area contributed by atoms with E-state index in [1.165, 1.54) is 18.1 Å². The maximum absolute atomic E-state index is 13.1. The zero-order valence-corrected chi connectivity index (χ0v) is 19.7. The van der Waals surface area contributed by atoms with Crippen molar-refractivity contribution in [1.82, 2.24) is 4.90 Å². The molecule has 3 rings (SSSR count). The standard InChI is InChI=1S/C25H28ClNO6/c1-4-12-33-18-8-5-7-16(14-18)22-21(24(29)25(30)27(22)11-6-13-31-2)23(28)17-9-10-19(26)20(15-17)32-3/h5,7-10,14-15,22,28H,4,6,11-13H2,1-3H3/b23-21-. The number of ketones is 1. The molecule has 1 fully saturated rings. The summed E-state index contributed by atoms with van der Waals surface area (Å²) in [5, 5.41) is 11.5. The molecule has 0 aromatic heterocycles. The van der Waals surface area contributed by atoms with Crippen molar-refractivity contribution in [3.8, 4) is 11.5 Å². The van der Waals surface area contributed by atoms with Crippen LogP contribution in [0.25, 0.3) is 5.76 Å². The van der Waals surface area contributed by atoms with Crippen LogP contribution in [0.1, 0.15) is 36.9 Å². The zero-order valence-electron chi connectivity index (χ0n) is 19.0. The molecule has 1 atom stereocenters. The number of Topliss-reactive ketones (excluding diaryl/α,β-unsaturated/α-hetero) is 1. The number of hydrogen-bond donors (Lipinski definition) is 1. The van der Waals surface area contributed by atoms with Crippen LogP contribution in [0.3, 0.4) is 0 Å². The third-order valence-electron chi connectivity index (χ3n) is 5.36. The maximum atomic E-state index is 13.1. The van der Waals surface area contributed by atoms with E-state index in [4.69, 9.17) is 25.8 Å². The molecule has 1 heterocycles. The van der Waals surface area contributed by atoms with Gasteiger partial charge in [0.15, 0.2) is 0 Å². The molecule has 2 aromatic carbocycles. The van der Waals surface area contributed by atoms with Crippen LogP contribution in [-0.2, 0) is 14.3 Å². The molecule has 8 heteroatoms. The summed E-state index contributed by atoms with van der Waals surface area (Å²) in [6.07, 6.45) is 1.39. The van der Waals surface area contributed by atoms with Crippen LogP contribution >= 0.6 is 11.6 Å². The summed E-state index contributed by atoms with van der Waals surface area (Å²) in [4.78, 5) is 27.5. The van der Waals surface area contributed by atoms with Crippen LogP contribution in [0, 0.1) is 0 Å². The molecule has 176 valence electrons. The molecule has 0 spiro atoms. The summed E-state index contributed by atoms with van der Waals surface area (Å²) in [6.45, 7) is 3.28. The first-order chi connectivity index (χ1) is 15.9. The molecular weight excluding hydrogens is 446 g/mol. The number of nitrogens with zero attached hydrogens (tertiary/aromatic N) is 1. The van der Waals surface area contributed by atoms with Gasteiger partial charge in [-0.2, -0.15) is 0 Å². The van der Waals surface area contributed by atoms with Crippen molar-refractivity contribution in [2.45, 2.75) is 25.8 Å². The second-order valence-electron chi connectivity index (χ2n) is 7.61. The number of carbonyl (C=O) groups excluding carboxylic acids is 2. The second-order valence-corrected chi connectivity index (χ2v) is 8.02. The van der Waals surface area contributed by atoms with Crippen LogP contribution < -0.4 is 9.47 Å². The number of rotatable bonds is 10. The van der Waals surface area contributed by atoms with Gasteiger partial charge >= 0.3 is 0 Å². The topological polar surface area (TPSA) is 85.3 Å². The Balaban J connectivity index is 2.12. The fourth-order valence-corrected chi connectivity index (χ4v) is 3.99. The van der Waals surface area contributed by atoms with Gasteiger partial charge in [-0.1, -0.05) is 30.7 Å². The summed E-state index contributed by atoms with van der Waals surface area (Å²) < 4.78 is 16.1. The Kier molecular flexibility index (Phi) is 8.36. The average molecular weight is 474 g/mol. The van der Waals surface area contributed by atoms with Crippen molar-refractivity contribution < 1.29 is 28.9 Å². The Morgan fingerprint density at radius 2 is 1.91 bits per heavy atom. The van der Waals surface area contributed by atoms with Crippen molar-refractivity contribution in [1.29, 1.82) is 0 Å². The van der Waals surface area contributed by atoms with Crippen molar-refractivity contribution in [3.63, 3.8) is 0 Å². The molecule has 2 aromatic rings. The fourth-order valence-electron chi connectivity index (χ4n) is 3.79. The molecule has 1 N–H and O–H groups in total. The summed E-state index contributed by atoms with van der Waals surface area (Å²) in [5.41, 5.74) is 1.01. The maximum Gasteiger partial charge on any atom is 0.295 e. The number of halogens is 1. The lowest BCUT2D eigenvalue weighted by Crippen LogP contribution is -2.31. The van der Waals surface area contributed by atoms with Gasteiger partial charge in [0.1, 0.15) is 17.3 Å². The van der Waals surface area contributed by atoms with Gasteiger partial charge in [-0.25, -0.2) is 0 Å². The summed E-state index contributed by atoms with van der Waals surface area (Å²) in [7, 11) is 3.04. The van der Waals surface area contributed by atoms with Crippen LogP contribution in [0.5, 0.6) is 11.5 Å². The lowest BCUT2D eigenvalue weighted by Gasteiger charge is -2.25. The largest absolute Gasteiger partial charge is 0.507 e. The Morgan fingerprint density at radius 3 is 2.61 bits per heavy atom. The van der Waals surface area contributed by atoms with Crippen LogP contribution in [0.15, 0.2) is 48.0 Å². The first-order valence-electron chi connectivity index (χ1n) is 10.8. The number of aliphatic hydroxyl groups excluding tert-OH is 1. The predicted molar refractivity (Wildman–Crippen MR) is 126 cm³/mol. The number of methoxy groups -OCH3 is 2. The minimum absolute atomic E-state index is 0.00874. The average Bonchev–Trinajstić information content (AvgIpc) is 3.08. The molecule has 1 unspecified atom stereocenters. The zero-order chi connectivity index (χ0) is 24.0. The van der Waals surface area contributed by atoms with E-state index in [2.05, 4.69) is 0 Å². The van der Waals surface area contributed by atoms with Crippen LogP contribution in [0.2, 0.25) is 5.02 Å². The Hall–Kier alpha value is -3.03. The van der Waals surface area contributed by atoms with E-state index in [0.29, 0.717) is 53.8 Å². The summed E-state index contributed by atoms with van der Waals surface area (Å²) in [5.74, 6) is -0.726. The van der Waals surface area contributed by atoms with E-state index in [9.17, 15) is 14.7 Å². The number of aliphatic hydroxyl groups is 1. The van der Waals surface area contributed by atoms with Crippen molar-refractivity contribution in [2.24, 2.45) is 0 Å². The molecule has 33 heavy (non-hydrogen) atoms. The Bertz CT molecular complexity index is 1050. The molecule has 1 saturated heterocycles. The number of likely N-dealkylation sites (tertiary alicyclic amines) is 1. The molecule has 1 amide bonds. The van der Waals surface area contributed by atoms with Gasteiger partial charge in [-0.15, -0.1) is 0 Å². The van der Waals surface area contributed by atoms with E-state index in [0.717, 1.165) is 6.42 Å². The second kappa shape index (κ2) is 11.2. The molecule has 1 aliphatic rings. The van der Waals surface area contributed by atoms with Crippen LogP contribution in [0.4, 0.5) is 0 Å². The van der Waals surface area contributed by atoms with Gasteiger partial charge in [0.05, 0.1) is 30.4 Å². The predicted octanol–water partition coefficient (Wildman–Crippen LogP) is 4.60.